The number of carbonyl (C=O) groups is 1. The smallest absolute Gasteiger partial charge is 0.234 e. The molecule has 9 heteroatoms. The van der Waals surface area contributed by atoms with Crippen LogP contribution in [0.15, 0.2) is 84.1 Å². The molecule has 3 aromatic carbocycles. The summed E-state index contributed by atoms with van der Waals surface area (Å²) in [5, 5.41) is 13.5. The zero-order chi connectivity index (χ0) is 24.2. The van der Waals surface area contributed by atoms with Crippen LogP contribution < -0.4 is 14.8 Å². The summed E-state index contributed by atoms with van der Waals surface area (Å²) in [4.78, 5) is 16.0. The molecule has 0 aliphatic rings. The van der Waals surface area contributed by atoms with E-state index in [-0.39, 0.29) is 11.7 Å². The maximum Gasteiger partial charge on any atom is 0.234 e. The predicted molar refractivity (Wildman–Crippen MR) is 138 cm³/mol. The molecule has 0 atom stereocenters. The first-order valence-electron chi connectivity index (χ1n) is 10.9. The molecule has 0 saturated heterocycles. The van der Waals surface area contributed by atoms with Crippen molar-refractivity contribution in [1.29, 1.82) is 0 Å². The van der Waals surface area contributed by atoms with Crippen molar-refractivity contribution in [3.8, 4) is 28.6 Å². The number of hydrogen-bond acceptors (Lipinski definition) is 6. The van der Waals surface area contributed by atoms with Crippen molar-refractivity contribution in [1.82, 2.24) is 19.7 Å². The number of fused-ring (bicyclic) bond motifs is 1. The van der Waals surface area contributed by atoms with E-state index in [0.29, 0.717) is 28.2 Å². The van der Waals surface area contributed by atoms with Crippen molar-refractivity contribution in [2.45, 2.75) is 5.16 Å². The van der Waals surface area contributed by atoms with Crippen LogP contribution in [0.1, 0.15) is 0 Å². The Morgan fingerprint density at radius 1 is 1.00 bits per heavy atom. The van der Waals surface area contributed by atoms with Crippen LogP contribution in [0.5, 0.6) is 11.5 Å². The minimum Gasteiger partial charge on any atom is -0.497 e. The lowest BCUT2D eigenvalue weighted by Crippen LogP contribution is -2.15. The molecule has 1 amide bonds. The number of methoxy groups -OCH3 is 2. The number of H-pyrrole nitrogens is 1. The first-order chi connectivity index (χ1) is 17.2. The molecule has 176 valence electrons. The molecule has 0 spiro atoms. The van der Waals surface area contributed by atoms with Gasteiger partial charge < -0.3 is 19.8 Å². The van der Waals surface area contributed by atoms with Crippen molar-refractivity contribution in [2.24, 2.45) is 0 Å². The molecule has 2 aromatic heterocycles. The van der Waals surface area contributed by atoms with Crippen molar-refractivity contribution in [3.05, 3.63) is 79.0 Å². The third-order valence-corrected chi connectivity index (χ3v) is 6.42. The Hall–Kier alpha value is -4.24. The quantitative estimate of drug-likeness (QED) is 0.295. The van der Waals surface area contributed by atoms with E-state index in [2.05, 4.69) is 20.5 Å². The highest BCUT2D eigenvalue weighted by molar-refractivity contribution is 7.99. The molecular weight excluding hydrogens is 462 g/mol. The molecule has 35 heavy (non-hydrogen) atoms. The molecular formula is C26H23N5O3S. The molecule has 0 bridgehead atoms. The van der Waals surface area contributed by atoms with Gasteiger partial charge in [-0.15, -0.1) is 10.2 Å². The fourth-order valence-electron chi connectivity index (χ4n) is 3.84. The standard InChI is InChI=1S/C26H23N5O3S/c1-33-18-9-7-8-17(14-18)31-25(20-15-27-21-11-4-3-10-19(20)21)29-30-26(31)35-16-24(32)28-22-12-5-6-13-23(22)34-2/h3-15,27H,16H2,1-2H3,(H,28,32). The van der Waals surface area contributed by atoms with Gasteiger partial charge in [0.05, 0.1) is 31.3 Å². The highest BCUT2D eigenvalue weighted by atomic mass is 32.2. The molecule has 0 aliphatic carbocycles. The predicted octanol–water partition coefficient (Wildman–Crippen LogP) is 5.16. The number of rotatable bonds is 8. The lowest BCUT2D eigenvalue weighted by molar-refractivity contribution is -0.113. The summed E-state index contributed by atoms with van der Waals surface area (Å²) in [6.07, 6.45) is 1.92. The lowest BCUT2D eigenvalue weighted by atomic mass is 10.1. The van der Waals surface area contributed by atoms with E-state index in [1.165, 1.54) is 11.8 Å². The fourth-order valence-corrected chi connectivity index (χ4v) is 4.59. The van der Waals surface area contributed by atoms with Gasteiger partial charge in [0, 0.05) is 28.7 Å². The van der Waals surface area contributed by atoms with Crippen LogP contribution in [-0.2, 0) is 4.79 Å². The van der Waals surface area contributed by atoms with E-state index in [1.54, 1.807) is 26.4 Å². The number of benzene rings is 3. The maximum atomic E-state index is 12.7. The Morgan fingerprint density at radius 3 is 2.69 bits per heavy atom. The molecule has 5 aromatic rings. The van der Waals surface area contributed by atoms with Gasteiger partial charge in [-0.05, 0) is 30.3 Å². The summed E-state index contributed by atoms with van der Waals surface area (Å²) in [5.74, 6) is 1.96. The number of hydrogen-bond donors (Lipinski definition) is 2. The van der Waals surface area contributed by atoms with E-state index >= 15 is 0 Å². The second-order valence-electron chi connectivity index (χ2n) is 7.63. The summed E-state index contributed by atoms with van der Waals surface area (Å²) in [6.45, 7) is 0. The Labute approximate surface area is 206 Å². The van der Waals surface area contributed by atoms with Crippen LogP contribution in [0, 0.1) is 0 Å². The van der Waals surface area contributed by atoms with Gasteiger partial charge in [0.2, 0.25) is 5.91 Å². The van der Waals surface area contributed by atoms with E-state index in [9.17, 15) is 4.79 Å². The van der Waals surface area contributed by atoms with Gasteiger partial charge in [0.15, 0.2) is 11.0 Å². The second-order valence-corrected chi connectivity index (χ2v) is 8.57. The van der Waals surface area contributed by atoms with Crippen LogP contribution >= 0.6 is 11.8 Å². The van der Waals surface area contributed by atoms with Gasteiger partial charge >= 0.3 is 0 Å². The number of aromatic amines is 1. The Balaban J connectivity index is 1.48. The van der Waals surface area contributed by atoms with Crippen LogP contribution in [0.4, 0.5) is 5.69 Å². The largest absolute Gasteiger partial charge is 0.497 e. The van der Waals surface area contributed by atoms with Gasteiger partial charge in [0.25, 0.3) is 0 Å². The highest BCUT2D eigenvalue weighted by Gasteiger charge is 2.20. The average molecular weight is 486 g/mol. The normalized spacial score (nSPS) is 10.9. The molecule has 8 nitrogen and oxygen atoms in total. The number of nitrogens with zero attached hydrogens (tertiary/aromatic N) is 3. The zero-order valence-electron chi connectivity index (χ0n) is 19.2. The first kappa shape index (κ1) is 22.5. The van der Waals surface area contributed by atoms with Gasteiger partial charge in [-0.2, -0.15) is 0 Å². The summed E-state index contributed by atoms with van der Waals surface area (Å²) >= 11 is 1.31. The van der Waals surface area contributed by atoms with Crippen LogP contribution in [0.3, 0.4) is 0 Å². The monoisotopic (exact) mass is 485 g/mol. The number of thioether (sulfide) groups is 1. The number of nitrogens with one attached hydrogen (secondary N) is 2. The van der Waals surface area contributed by atoms with E-state index in [1.807, 2.05) is 71.4 Å². The SMILES string of the molecule is COc1cccc(-n2c(SCC(=O)Nc3ccccc3OC)nnc2-c2c[nH]c3ccccc23)c1. The molecule has 0 fully saturated rings. The minimum atomic E-state index is -0.173. The Bertz CT molecular complexity index is 1490. The number of anilines is 1. The molecule has 2 heterocycles. The summed E-state index contributed by atoms with van der Waals surface area (Å²) in [6, 6.07) is 23.0. The number of amides is 1. The Morgan fingerprint density at radius 2 is 1.83 bits per heavy atom. The lowest BCUT2D eigenvalue weighted by Gasteiger charge is -2.12. The fraction of sp³-hybridized carbons (Fsp3) is 0.115. The number of para-hydroxylation sites is 3. The zero-order valence-corrected chi connectivity index (χ0v) is 20.0. The van der Waals surface area contributed by atoms with Crippen molar-refractivity contribution in [3.63, 3.8) is 0 Å². The number of aromatic nitrogens is 4. The molecule has 0 saturated carbocycles. The third kappa shape index (κ3) is 4.58. The van der Waals surface area contributed by atoms with Crippen molar-refractivity contribution < 1.29 is 14.3 Å². The topological polar surface area (TPSA) is 94.1 Å². The summed E-state index contributed by atoms with van der Waals surface area (Å²) in [7, 11) is 3.20. The van der Waals surface area contributed by atoms with Crippen molar-refractivity contribution in [2.75, 3.05) is 25.3 Å². The minimum absolute atomic E-state index is 0.147. The number of ether oxygens (including phenoxy) is 2. The molecule has 2 N–H and O–H groups in total. The molecule has 0 radical (unpaired) electrons. The highest BCUT2D eigenvalue weighted by Crippen LogP contribution is 2.33. The van der Waals surface area contributed by atoms with Crippen LogP contribution in [0.2, 0.25) is 0 Å². The van der Waals surface area contributed by atoms with E-state index < -0.39 is 0 Å². The van der Waals surface area contributed by atoms with Gasteiger partial charge in [-0.25, -0.2) is 0 Å². The number of carbonyl (C=O) groups excluding carboxylic acids is 1. The van der Waals surface area contributed by atoms with Crippen molar-refractivity contribution >= 4 is 34.3 Å². The molecule has 5 rings (SSSR count). The second kappa shape index (κ2) is 9.94. The summed E-state index contributed by atoms with van der Waals surface area (Å²) < 4.78 is 12.7. The van der Waals surface area contributed by atoms with Crippen LogP contribution in [0.25, 0.3) is 28.0 Å². The van der Waals surface area contributed by atoms with Gasteiger partial charge in [0.1, 0.15) is 11.5 Å². The summed E-state index contributed by atoms with van der Waals surface area (Å²) in [5.41, 5.74) is 3.38. The van der Waals surface area contributed by atoms with Crippen LogP contribution in [-0.4, -0.2) is 45.6 Å². The molecule has 0 unspecified atom stereocenters. The van der Waals surface area contributed by atoms with E-state index in [0.717, 1.165) is 22.2 Å². The first-order valence-corrected chi connectivity index (χ1v) is 11.9. The Kier molecular flexibility index (Phi) is 6.40. The third-order valence-electron chi connectivity index (χ3n) is 5.49. The van der Waals surface area contributed by atoms with E-state index in [4.69, 9.17) is 9.47 Å². The van der Waals surface area contributed by atoms with Gasteiger partial charge in [-0.1, -0.05) is 48.2 Å². The van der Waals surface area contributed by atoms with Gasteiger partial charge in [-0.3, -0.25) is 9.36 Å². The molecule has 0 aliphatic heterocycles. The maximum absolute atomic E-state index is 12.7. The average Bonchev–Trinajstić information content (AvgIpc) is 3.52.